The van der Waals surface area contributed by atoms with Gasteiger partial charge in [-0.1, -0.05) is 0 Å². The first-order valence-electron chi connectivity index (χ1n) is 4.86. The highest BCUT2D eigenvalue weighted by Gasteiger charge is 2.28. The van der Waals surface area contributed by atoms with Crippen molar-refractivity contribution in [2.75, 3.05) is 5.73 Å². The Morgan fingerprint density at radius 1 is 1.50 bits per heavy atom. The Morgan fingerprint density at radius 2 is 2.29 bits per heavy atom. The highest BCUT2D eigenvalue weighted by atomic mass is 15.3. The van der Waals surface area contributed by atoms with Crippen LogP contribution < -0.4 is 5.73 Å². The maximum Gasteiger partial charge on any atom is 0.178 e. The number of aryl methyl sites for hydroxylation is 1. The molecule has 4 nitrogen and oxygen atoms in total. The number of aromatic nitrogens is 3. The number of nitrogens with zero attached hydrogens (tertiary/aromatic N) is 3. The molecule has 1 fully saturated rings. The third-order valence-corrected chi connectivity index (χ3v) is 2.56. The molecule has 0 radical (unpaired) electrons. The number of rotatable bonds is 1. The number of hydrogen-bond donors (Lipinski definition) is 1. The first-order valence-corrected chi connectivity index (χ1v) is 4.86. The van der Waals surface area contributed by atoms with Crippen molar-refractivity contribution in [1.29, 1.82) is 0 Å². The van der Waals surface area contributed by atoms with Crippen LogP contribution in [0, 0.1) is 6.92 Å². The number of nitrogens with two attached hydrogens (primary N) is 1. The van der Waals surface area contributed by atoms with Gasteiger partial charge in [-0.15, -0.1) is 0 Å². The zero-order valence-electron chi connectivity index (χ0n) is 8.07. The molecule has 0 spiro atoms. The van der Waals surface area contributed by atoms with Crippen LogP contribution >= 0.6 is 0 Å². The Bertz CT molecular complexity index is 496. The molecular formula is C10H12N4. The second-order valence-electron chi connectivity index (χ2n) is 3.99. The summed E-state index contributed by atoms with van der Waals surface area (Å²) in [7, 11) is 0. The zero-order chi connectivity index (χ0) is 9.71. The molecule has 2 heterocycles. The summed E-state index contributed by atoms with van der Waals surface area (Å²) in [6, 6.07) is 1.93. The number of nitrogen functional groups attached to an aromatic ring is 1. The maximum absolute atomic E-state index is 5.87. The van der Waals surface area contributed by atoms with Crippen molar-refractivity contribution in [1.82, 2.24) is 14.6 Å². The summed E-state index contributed by atoms with van der Waals surface area (Å²) in [6.07, 6.45) is 4.40. The maximum atomic E-state index is 5.87. The van der Waals surface area contributed by atoms with Crippen LogP contribution in [0.4, 0.5) is 5.69 Å². The molecule has 1 saturated carbocycles. The molecule has 1 aliphatic rings. The lowest BCUT2D eigenvalue weighted by atomic mass is 10.3. The highest BCUT2D eigenvalue weighted by molar-refractivity contribution is 5.64. The molecule has 0 aliphatic heterocycles. The minimum absolute atomic E-state index is 0.578. The number of anilines is 1. The smallest absolute Gasteiger partial charge is 0.178 e. The molecule has 0 saturated heterocycles. The molecular weight excluding hydrogens is 176 g/mol. The van der Waals surface area contributed by atoms with Gasteiger partial charge in [-0.25, -0.2) is 9.50 Å². The molecule has 0 atom stereocenters. The Kier molecular flexibility index (Phi) is 1.37. The van der Waals surface area contributed by atoms with Gasteiger partial charge in [0, 0.05) is 12.1 Å². The van der Waals surface area contributed by atoms with E-state index in [2.05, 4.69) is 10.1 Å². The van der Waals surface area contributed by atoms with Gasteiger partial charge in [0.25, 0.3) is 0 Å². The van der Waals surface area contributed by atoms with Crippen LogP contribution in [0.5, 0.6) is 0 Å². The SMILES string of the molecule is Cc1cc(N)c2nc(C3CC3)nn2c1. The van der Waals surface area contributed by atoms with Gasteiger partial charge in [-0.05, 0) is 31.4 Å². The number of pyridine rings is 1. The van der Waals surface area contributed by atoms with E-state index in [1.165, 1.54) is 12.8 Å². The molecule has 0 amide bonds. The molecule has 0 aromatic carbocycles. The summed E-state index contributed by atoms with van der Waals surface area (Å²) >= 11 is 0. The third kappa shape index (κ3) is 1.07. The van der Waals surface area contributed by atoms with Crippen LogP contribution in [-0.2, 0) is 0 Å². The first-order chi connectivity index (χ1) is 6.74. The quantitative estimate of drug-likeness (QED) is 0.737. The normalized spacial score (nSPS) is 16.4. The van der Waals surface area contributed by atoms with Gasteiger partial charge in [0.15, 0.2) is 11.5 Å². The summed E-state index contributed by atoms with van der Waals surface area (Å²) in [5.74, 6) is 1.52. The van der Waals surface area contributed by atoms with Crippen LogP contribution in [0.15, 0.2) is 12.3 Å². The Morgan fingerprint density at radius 3 is 3.00 bits per heavy atom. The predicted molar refractivity (Wildman–Crippen MR) is 54.1 cm³/mol. The van der Waals surface area contributed by atoms with Crippen molar-refractivity contribution in [3.8, 4) is 0 Å². The molecule has 2 N–H and O–H groups in total. The fraction of sp³-hybridized carbons (Fsp3) is 0.400. The lowest BCUT2D eigenvalue weighted by Crippen LogP contribution is -1.94. The van der Waals surface area contributed by atoms with Gasteiger partial charge in [0.2, 0.25) is 0 Å². The van der Waals surface area contributed by atoms with Gasteiger partial charge in [-0.3, -0.25) is 0 Å². The predicted octanol–water partition coefficient (Wildman–Crippen LogP) is 1.50. The third-order valence-electron chi connectivity index (χ3n) is 2.56. The fourth-order valence-electron chi connectivity index (χ4n) is 1.68. The summed E-state index contributed by atoms with van der Waals surface area (Å²) < 4.78 is 1.79. The topological polar surface area (TPSA) is 56.2 Å². The van der Waals surface area contributed by atoms with E-state index in [0.717, 1.165) is 17.0 Å². The lowest BCUT2D eigenvalue weighted by molar-refractivity contribution is 0.875. The molecule has 2 aromatic rings. The molecule has 0 bridgehead atoms. The van der Waals surface area contributed by atoms with Crippen LogP contribution in [0.1, 0.15) is 30.1 Å². The summed E-state index contributed by atoms with van der Waals surface area (Å²) in [6.45, 7) is 2.01. The van der Waals surface area contributed by atoms with E-state index >= 15 is 0 Å². The van der Waals surface area contributed by atoms with Crippen LogP contribution in [0.25, 0.3) is 5.65 Å². The number of fused-ring (bicyclic) bond motifs is 1. The Hall–Kier alpha value is -1.58. The average Bonchev–Trinajstić information content (AvgIpc) is 2.87. The van der Waals surface area contributed by atoms with Crippen molar-refractivity contribution >= 4 is 11.3 Å². The molecule has 3 rings (SSSR count). The van der Waals surface area contributed by atoms with Gasteiger partial charge in [0.05, 0.1) is 5.69 Å². The summed E-state index contributed by atoms with van der Waals surface area (Å²) in [5, 5.41) is 4.42. The van der Waals surface area contributed by atoms with Crippen molar-refractivity contribution in [2.24, 2.45) is 0 Å². The van der Waals surface area contributed by atoms with Gasteiger partial charge < -0.3 is 5.73 Å². The van der Waals surface area contributed by atoms with E-state index in [1.54, 1.807) is 4.52 Å². The van der Waals surface area contributed by atoms with Crippen LogP contribution in [0.3, 0.4) is 0 Å². The molecule has 4 heteroatoms. The minimum Gasteiger partial charge on any atom is -0.396 e. The molecule has 14 heavy (non-hydrogen) atoms. The van der Waals surface area contributed by atoms with Crippen LogP contribution in [-0.4, -0.2) is 14.6 Å². The Labute approximate surface area is 81.8 Å². The lowest BCUT2D eigenvalue weighted by Gasteiger charge is -1.97. The van der Waals surface area contributed by atoms with Crippen LogP contribution in [0.2, 0.25) is 0 Å². The van der Waals surface area contributed by atoms with Crippen molar-refractivity contribution in [3.63, 3.8) is 0 Å². The highest BCUT2D eigenvalue weighted by Crippen LogP contribution is 2.38. The van der Waals surface area contributed by atoms with E-state index in [-0.39, 0.29) is 0 Å². The van der Waals surface area contributed by atoms with E-state index in [0.29, 0.717) is 11.6 Å². The second-order valence-corrected chi connectivity index (χ2v) is 3.99. The minimum atomic E-state index is 0.578. The molecule has 0 unspecified atom stereocenters. The monoisotopic (exact) mass is 188 g/mol. The zero-order valence-corrected chi connectivity index (χ0v) is 8.07. The van der Waals surface area contributed by atoms with Crippen molar-refractivity contribution in [3.05, 3.63) is 23.7 Å². The van der Waals surface area contributed by atoms with Crippen molar-refractivity contribution < 1.29 is 0 Å². The van der Waals surface area contributed by atoms with Gasteiger partial charge in [-0.2, -0.15) is 5.10 Å². The summed E-state index contributed by atoms with van der Waals surface area (Å²) in [5.41, 5.74) is 8.48. The standard InChI is InChI=1S/C10H12N4/c1-6-4-8(11)10-12-9(7-2-3-7)13-14(10)5-6/h4-5,7H,2-3,11H2,1H3. The van der Waals surface area contributed by atoms with E-state index < -0.39 is 0 Å². The molecule has 2 aromatic heterocycles. The largest absolute Gasteiger partial charge is 0.396 e. The van der Waals surface area contributed by atoms with Crippen molar-refractivity contribution in [2.45, 2.75) is 25.7 Å². The number of hydrogen-bond acceptors (Lipinski definition) is 3. The second kappa shape index (κ2) is 2.47. The van der Waals surface area contributed by atoms with E-state index in [4.69, 9.17) is 5.73 Å². The molecule has 1 aliphatic carbocycles. The van der Waals surface area contributed by atoms with E-state index in [9.17, 15) is 0 Å². The Balaban J connectivity index is 2.26. The fourth-order valence-corrected chi connectivity index (χ4v) is 1.68. The molecule has 72 valence electrons. The summed E-state index contributed by atoms with van der Waals surface area (Å²) in [4.78, 5) is 4.44. The average molecular weight is 188 g/mol. The van der Waals surface area contributed by atoms with E-state index in [1.807, 2.05) is 19.2 Å². The van der Waals surface area contributed by atoms with Gasteiger partial charge in [0.1, 0.15) is 0 Å². The first kappa shape index (κ1) is 7.79. The van der Waals surface area contributed by atoms with Gasteiger partial charge >= 0.3 is 0 Å².